The highest BCUT2D eigenvalue weighted by Crippen LogP contribution is 2.19. The molecule has 1 aromatic carbocycles. The highest BCUT2D eigenvalue weighted by molar-refractivity contribution is 6.20. The summed E-state index contributed by atoms with van der Waals surface area (Å²) < 4.78 is 0. The summed E-state index contributed by atoms with van der Waals surface area (Å²) in [7, 11) is 0. The molecule has 0 saturated carbocycles. The molecule has 0 aliphatic carbocycles. The van der Waals surface area contributed by atoms with E-state index in [-0.39, 0.29) is 37.0 Å². The molecular formula is C18H17N3O3. The summed E-state index contributed by atoms with van der Waals surface area (Å²) in [5.41, 5.74) is 2.51. The van der Waals surface area contributed by atoms with Crippen molar-refractivity contribution in [2.24, 2.45) is 0 Å². The van der Waals surface area contributed by atoms with E-state index in [0.717, 1.165) is 16.0 Å². The van der Waals surface area contributed by atoms with Gasteiger partial charge in [-0.05, 0) is 24.6 Å². The second-order valence-corrected chi connectivity index (χ2v) is 5.68. The normalized spacial score (nSPS) is 13.1. The highest BCUT2D eigenvalue weighted by atomic mass is 16.2. The lowest BCUT2D eigenvalue weighted by Crippen LogP contribution is -2.38. The fraction of sp³-hybridized carbons (Fsp3) is 0.222. The number of aryl methyl sites for hydroxylation is 1. The summed E-state index contributed by atoms with van der Waals surface area (Å²) in [6, 6.07) is 10.9. The summed E-state index contributed by atoms with van der Waals surface area (Å²) in [4.78, 5) is 41.3. The van der Waals surface area contributed by atoms with Crippen LogP contribution in [0.2, 0.25) is 0 Å². The van der Waals surface area contributed by atoms with E-state index in [1.165, 1.54) is 6.20 Å². The third-order valence-corrected chi connectivity index (χ3v) is 3.84. The van der Waals surface area contributed by atoms with Crippen molar-refractivity contribution in [2.75, 3.05) is 13.1 Å². The third kappa shape index (κ3) is 3.17. The Morgan fingerprint density at radius 1 is 1.17 bits per heavy atom. The average Bonchev–Trinajstić information content (AvgIpc) is 2.80. The first-order chi connectivity index (χ1) is 11.6. The van der Waals surface area contributed by atoms with Crippen LogP contribution in [0, 0.1) is 6.92 Å². The van der Waals surface area contributed by atoms with Gasteiger partial charge in [-0.15, -0.1) is 0 Å². The molecule has 1 aromatic heterocycles. The smallest absolute Gasteiger partial charge is 0.280 e. The number of fused-ring (bicyclic) bond motifs is 1. The molecule has 6 nitrogen and oxygen atoms in total. The maximum Gasteiger partial charge on any atom is 0.280 e. The second kappa shape index (κ2) is 6.62. The van der Waals surface area contributed by atoms with E-state index in [9.17, 15) is 14.4 Å². The first-order valence-corrected chi connectivity index (χ1v) is 7.69. The number of hydrogen-bond acceptors (Lipinski definition) is 4. The lowest BCUT2D eigenvalue weighted by atomic mass is 10.1. The van der Waals surface area contributed by atoms with Crippen LogP contribution >= 0.6 is 0 Å². The van der Waals surface area contributed by atoms with E-state index in [4.69, 9.17) is 0 Å². The largest absolute Gasteiger partial charge is 0.354 e. The van der Waals surface area contributed by atoms with E-state index in [0.29, 0.717) is 5.56 Å². The Morgan fingerprint density at radius 3 is 2.75 bits per heavy atom. The molecular weight excluding hydrogens is 306 g/mol. The van der Waals surface area contributed by atoms with Crippen molar-refractivity contribution < 1.29 is 14.4 Å². The summed E-state index contributed by atoms with van der Waals surface area (Å²) in [5, 5.41) is 2.74. The number of benzene rings is 1. The molecule has 1 aliphatic rings. The number of nitrogens with one attached hydrogen (secondary N) is 1. The Hall–Kier alpha value is -3.02. The lowest BCUT2D eigenvalue weighted by molar-refractivity contribution is -0.120. The van der Waals surface area contributed by atoms with Crippen molar-refractivity contribution >= 4 is 17.7 Å². The fourth-order valence-corrected chi connectivity index (χ4v) is 2.69. The Bertz CT molecular complexity index is 782. The van der Waals surface area contributed by atoms with Gasteiger partial charge in [-0.3, -0.25) is 24.3 Å². The zero-order chi connectivity index (χ0) is 17.1. The monoisotopic (exact) mass is 323 g/mol. The van der Waals surface area contributed by atoms with Crippen molar-refractivity contribution in [1.29, 1.82) is 0 Å². The molecule has 0 spiro atoms. The van der Waals surface area contributed by atoms with Crippen molar-refractivity contribution in [3.63, 3.8) is 0 Å². The standard InChI is InChI=1S/C18H17N3O3/c1-12-4-2-5-13(10-12)11-15(22)19-8-9-21-17(23)14-6-3-7-20-16(14)18(21)24/h2-7,10H,8-9,11H2,1H3,(H,19,22). The number of rotatable bonds is 5. The van der Waals surface area contributed by atoms with Crippen LogP contribution in [0.25, 0.3) is 0 Å². The van der Waals surface area contributed by atoms with Crippen LogP contribution < -0.4 is 5.32 Å². The fourth-order valence-electron chi connectivity index (χ4n) is 2.69. The van der Waals surface area contributed by atoms with Crippen molar-refractivity contribution in [3.8, 4) is 0 Å². The molecule has 0 radical (unpaired) electrons. The van der Waals surface area contributed by atoms with Gasteiger partial charge in [0.2, 0.25) is 5.91 Å². The van der Waals surface area contributed by atoms with Gasteiger partial charge in [0.25, 0.3) is 11.8 Å². The Kier molecular flexibility index (Phi) is 4.37. The number of hydrogen-bond donors (Lipinski definition) is 1. The molecule has 0 fully saturated rings. The molecule has 1 N–H and O–H groups in total. The summed E-state index contributed by atoms with van der Waals surface area (Å²) in [6.45, 7) is 2.32. The minimum absolute atomic E-state index is 0.133. The SMILES string of the molecule is Cc1cccc(CC(=O)NCCN2C(=O)c3cccnc3C2=O)c1. The first kappa shape index (κ1) is 15.9. The van der Waals surface area contributed by atoms with Crippen LogP contribution in [-0.4, -0.2) is 40.7 Å². The Labute approximate surface area is 139 Å². The average molecular weight is 323 g/mol. The molecule has 24 heavy (non-hydrogen) atoms. The van der Waals surface area contributed by atoms with E-state index in [1.54, 1.807) is 12.1 Å². The number of carbonyl (C=O) groups is 3. The predicted octanol–water partition coefficient (Wildman–Crippen LogP) is 1.34. The van der Waals surface area contributed by atoms with Crippen molar-refractivity contribution in [3.05, 3.63) is 65.0 Å². The van der Waals surface area contributed by atoms with Gasteiger partial charge in [-0.25, -0.2) is 0 Å². The first-order valence-electron chi connectivity index (χ1n) is 7.69. The molecule has 6 heteroatoms. The third-order valence-electron chi connectivity index (χ3n) is 3.84. The van der Waals surface area contributed by atoms with Crippen LogP contribution in [0.3, 0.4) is 0 Å². The number of imide groups is 1. The molecule has 0 unspecified atom stereocenters. The van der Waals surface area contributed by atoms with E-state index >= 15 is 0 Å². The Balaban J connectivity index is 1.53. The van der Waals surface area contributed by atoms with Crippen LogP contribution in [0.4, 0.5) is 0 Å². The molecule has 122 valence electrons. The molecule has 0 atom stereocenters. The van der Waals surface area contributed by atoms with Crippen molar-refractivity contribution in [2.45, 2.75) is 13.3 Å². The molecule has 0 saturated heterocycles. The molecule has 1 aliphatic heterocycles. The van der Waals surface area contributed by atoms with Gasteiger partial charge in [0, 0.05) is 19.3 Å². The number of nitrogens with zero attached hydrogens (tertiary/aromatic N) is 2. The molecule has 2 heterocycles. The molecule has 3 rings (SSSR count). The quantitative estimate of drug-likeness (QED) is 0.842. The zero-order valence-corrected chi connectivity index (χ0v) is 13.3. The summed E-state index contributed by atoms with van der Waals surface area (Å²) >= 11 is 0. The molecule has 3 amide bonds. The predicted molar refractivity (Wildman–Crippen MR) is 87.5 cm³/mol. The molecule has 2 aromatic rings. The van der Waals surface area contributed by atoms with Crippen LogP contribution in [0.5, 0.6) is 0 Å². The maximum absolute atomic E-state index is 12.2. The van der Waals surface area contributed by atoms with Crippen molar-refractivity contribution in [1.82, 2.24) is 15.2 Å². The van der Waals surface area contributed by atoms with Gasteiger partial charge in [0.05, 0.1) is 12.0 Å². The van der Waals surface area contributed by atoms with E-state index < -0.39 is 5.91 Å². The van der Waals surface area contributed by atoms with Crippen LogP contribution in [0.15, 0.2) is 42.6 Å². The number of pyridine rings is 1. The maximum atomic E-state index is 12.2. The van der Waals surface area contributed by atoms with Gasteiger partial charge >= 0.3 is 0 Å². The van der Waals surface area contributed by atoms with E-state index in [1.807, 2.05) is 31.2 Å². The zero-order valence-electron chi connectivity index (χ0n) is 13.3. The molecule has 0 bridgehead atoms. The lowest BCUT2D eigenvalue weighted by Gasteiger charge is -2.14. The Morgan fingerprint density at radius 2 is 2.00 bits per heavy atom. The van der Waals surface area contributed by atoms with Gasteiger partial charge in [-0.2, -0.15) is 0 Å². The number of carbonyl (C=O) groups excluding carboxylic acids is 3. The number of amides is 3. The van der Waals surface area contributed by atoms with E-state index in [2.05, 4.69) is 10.3 Å². The summed E-state index contributed by atoms with van der Waals surface area (Å²) in [6.07, 6.45) is 1.75. The van der Waals surface area contributed by atoms with Gasteiger partial charge in [0.15, 0.2) is 0 Å². The minimum atomic E-state index is -0.413. The second-order valence-electron chi connectivity index (χ2n) is 5.68. The van der Waals surface area contributed by atoms with Gasteiger partial charge < -0.3 is 5.32 Å². The van der Waals surface area contributed by atoms with Gasteiger partial charge in [0.1, 0.15) is 5.69 Å². The minimum Gasteiger partial charge on any atom is -0.354 e. The topological polar surface area (TPSA) is 79.4 Å². The van der Waals surface area contributed by atoms with Crippen LogP contribution in [-0.2, 0) is 11.2 Å². The summed E-state index contributed by atoms with van der Waals surface area (Å²) in [5.74, 6) is -0.921. The van der Waals surface area contributed by atoms with Crippen LogP contribution in [0.1, 0.15) is 32.0 Å². The number of aromatic nitrogens is 1. The van der Waals surface area contributed by atoms with Gasteiger partial charge in [-0.1, -0.05) is 29.8 Å². The highest BCUT2D eigenvalue weighted by Gasteiger charge is 2.36.